The molecule has 12 heteroatoms. The molecule has 3 aliphatic rings. The van der Waals surface area contributed by atoms with Gasteiger partial charge in [0.1, 0.15) is 6.04 Å². The number of amides is 4. The van der Waals surface area contributed by atoms with Gasteiger partial charge in [-0.3, -0.25) is 24.5 Å². The van der Waals surface area contributed by atoms with Gasteiger partial charge in [-0.2, -0.15) is 0 Å². The highest BCUT2D eigenvalue weighted by Crippen LogP contribution is 2.35. The number of carbonyl (C=O) groups excluding carboxylic acids is 4. The van der Waals surface area contributed by atoms with Crippen molar-refractivity contribution in [3.05, 3.63) is 64.0 Å². The fourth-order valence-corrected chi connectivity index (χ4v) is 4.65. The monoisotopic (exact) mass is 491 g/mol. The van der Waals surface area contributed by atoms with Gasteiger partial charge in [0.2, 0.25) is 11.8 Å². The van der Waals surface area contributed by atoms with Crippen molar-refractivity contribution in [1.82, 2.24) is 15.1 Å². The Hall–Kier alpha value is -3.96. The first-order valence-corrected chi connectivity index (χ1v) is 10.6. The fraction of sp³-hybridized carbons (Fsp3) is 0.304. The third-order valence-corrected chi connectivity index (χ3v) is 6.30. The van der Waals surface area contributed by atoms with E-state index in [-0.39, 0.29) is 49.5 Å². The standard InChI is InChI=1S/C23H17F4N3O5/c24-19-15-10-29(8-12(15)2-5-17(19)35-23(25,26)27)21(33)11-1-3-14-13(7-11)9-30(22(14)34)16-4-6-18(31)28-20(16)32/h1-3,5,7,16H,4,6,8-10H2,(H,28,31,32). The van der Waals surface area contributed by atoms with Gasteiger partial charge >= 0.3 is 6.36 Å². The lowest BCUT2D eigenvalue weighted by atomic mass is 10.0. The van der Waals surface area contributed by atoms with Crippen LogP contribution in [0.15, 0.2) is 30.3 Å². The molecule has 0 saturated carbocycles. The first-order chi connectivity index (χ1) is 16.5. The molecule has 2 aromatic rings. The van der Waals surface area contributed by atoms with Crippen LogP contribution >= 0.6 is 0 Å². The van der Waals surface area contributed by atoms with Crippen molar-refractivity contribution in [3.63, 3.8) is 0 Å². The molecule has 4 amide bonds. The van der Waals surface area contributed by atoms with Crippen LogP contribution in [0.4, 0.5) is 17.6 Å². The molecular formula is C23H17F4N3O5. The largest absolute Gasteiger partial charge is 0.573 e. The van der Waals surface area contributed by atoms with Crippen LogP contribution in [-0.4, -0.2) is 45.8 Å². The number of halogens is 4. The summed E-state index contributed by atoms with van der Waals surface area (Å²) in [5.74, 6) is -3.97. The Bertz CT molecular complexity index is 1290. The Morgan fingerprint density at radius 1 is 1.03 bits per heavy atom. The number of fused-ring (bicyclic) bond motifs is 2. The molecule has 0 aromatic heterocycles. The van der Waals surface area contributed by atoms with Crippen LogP contribution in [0.2, 0.25) is 0 Å². The van der Waals surface area contributed by atoms with E-state index in [0.717, 1.165) is 6.07 Å². The highest BCUT2D eigenvalue weighted by atomic mass is 19.4. The zero-order valence-corrected chi connectivity index (χ0v) is 17.9. The van der Waals surface area contributed by atoms with Crippen LogP contribution in [0.5, 0.6) is 5.75 Å². The van der Waals surface area contributed by atoms with E-state index in [9.17, 15) is 36.7 Å². The van der Waals surface area contributed by atoms with Crippen molar-refractivity contribution >= 4 is 23.6 Å². The summed E-state index contributed by atoms with van der Waals surface area (Å²) in [6.07, 6.45) is -4.73. The number of alkyl halides is 3. The van der Waals surface area contributed by atoms with E-state index < -0.39 is 41.7 Å². The summed E-state index contributed by atoms with van der Waals surface area (Å²) >= 11 is 0. The number of hydrogen-bond acceptors (Lipinski definition) is 5. The second-order valence-corrected chi connectivity index (χ2v) is 8.50. The van der Waals surface area contributed by atoms with Crippen LogP contribution < -0.4 is 10.1 Å². The second-order valence-electron chi connectivity index (χ2n) is 8.50. The molecule has 182 valence electrons. The molecule has 0 spiro atoms. The minimum absolute atomic E-state index is 0.00417. The number of rotatable bonds is 3. The number of hydrogen-bond donors (Lipinski definition) is 1. The number of piperidine rings is 1. The van der Waals surface area contributed by atoms with Gasteiger partial charge in [0.25, 0.3) is 11.8 Å². The molecule has 0 aliphatic carbocycles. The summed E-state index contributed by atoms with van der Waals surface area (Å²) < 4.78 is 55.8. The summed E-state index contributed by atoms with van der Waals surface area (Å²) in [5, 5.41) is 2.22. The van der Waals surface area contributed by atoms with Gasteiger partial charge in [-0.1, -0.05) is 6.07 Å². The van der Waals surface area contributed by atoms with E-state index in [0.29, 0.717) is 16.7 Å². The van der Waals surface area contributed by atoms with Crippen molar-refractivity contribution in [2.45, 2.75) is 44.9 Å². The van der Waals surface area contributed by atoms with Crippen molar-refractivity contribution in [2.75, 3.05) is 0 Å². The first kappa shape index (κ1) is 22.8. The van der Waals surface area contributed by atoms with Gasteiger partial charge in [0.05, 0.1) is 0 Å². The summed E-state index contributed by atoms with van der Waals surface area (Å²) in [5.41, 5.74) is 1.37. The lowest BCUT2D eigenvalue weighted by Crippen LogP contribution is -2.52. The van der Waals surface area contributed by atoms with E-state index in [4.69, 9.17) is 0 Å². The zero-order chi connectivity index (χ0) is 25.1. The lowest BCUT2D eigenvalue weighted by molar-refractivity contribution is -0.275. The number of nitrogens with zero attached hydrogens (tertiary/aromatic N) is 2. The molecule has 0 bridgehead atoms. The Balaban J connectivity index is 1.33. The third-order valence-electron chi connectivity index (χ3n) is 6.30. The molecule has 0 radical (unpaired) electrons. The van der Waals surface area contributed by atoms with Gasteiger partial charge in [-0.25, -0.2) is 4.39 Å². The minimum Gasteiger partial charge on any atom is -0.403 e. The highest BCUT2D eigenvalue weighted by molar-refractivity contribution is 6.06. The van der Waals surface area contributed by atoms with Crippen LogP contribution in [0, 0.1) is 5.82 Å². The molecule has 3 aliphatic heterocycles. The van der Waals surface area contributed by atoms with Gasteiger partial charge in [-0.15, -0.1) is 13.2 Å². The van der Waals surface area contributed by atoms with Crippen LogP contribution in [0.3, 0.4) is 0 Å². The topological polar surface area (TPSA) is 96.0 Å². The molecule has 5 rings (SSSR count). The van der Waals surface area contributed by atoms with Crippen molar-refractivity contribution < 1.29 is 41.5 Å². The number of carbonyl (C=O) groups is 4. The van der Waals surface area contributed by atoms with E-state index >= 15 is 0 Å². The van der Waals surface area contributed by atoms with Gasteiger partial charge in [0.15, 0.2) is 11.6 Å². The van der Waals surface area contributed by atoms with Crippen LogP contribution in [0.25, 0.3) is 0 Å². The van der Waals surface area contributed by atoms with E-state index in [1.165, 1.54) is 34.1 Å². The summed E-state index contributed by atoms with van der Waals surface area (Å²) in [6, 6.07) is 5.78. The number of benzene rings is 2. The van der Waals surface area contributed by atoms with Crippen molar-refractivity contribution in [2.24, 2.45) is 0 Å². The fourth-order valence-electron chi connectivity index (χ4n) is 4.65. The summed E-state index contributed by atoms with van der Waals surface area (Å²) in [7, 11) is 0. The molecule has 35 heavy (non-hydrogen) atoms. The van der Waals surface area contributed by atoms with Crippen molar-refractivity contribution in [3.8, 4) is 5.75 Å². The quantitative estimate of drug-likeness (QED) is 0.526. The average Bonchev–Trinajstić information content (AvgIpc) is 3.36. The average molecular weight is 491 g/mol. The maximum absolute atomic E-state index is 14.6. The minimum atomic E-state index is -5.05. The zero-order valence-electron chi connectivity index (χ0n) is 17.9. The van der Waals surface area contributed by atoms with Gasteiger partial charge in [0, 0.05) is 42.7 Å². The first-order valence-electron chi connectivity index (χ1n) is 10.6. The number of ether oxygens (including phenoxy) is 1. The van der Waals surface area contributed by atoms with Gasteiger partial charge < -0.3 is 14.5 Å². The highest BCUT2D eigenvalue weighted by Gasteiger charge is 2.40. The van der Waals surface area contributed by atoms with Gasteiger partial charge in [-0.05, 0) is 41.8 Å². The van der Waals surface area contributed by atoms with Crippen LogP contribution in [-0.2, 0) is 29.2 Å². The maximum Gasteiger partial charge on any atom is 0.573 e. The molecule has 1 unspecified atom stereocenters. The molecule has 1 fully saturated rings. The Morgan fingerprint density at radius 3 is 2.51 bits per heavy atom. The molecule has 1 N–H and O–H groups in total. The predicted octanol–water partition coefficient (Wildman–Crippen LogP) is 2.64. The van der Waals surface area contributed by atoms with E-state index in [2.05, 4.69) is 10.1 Å². The predicted molar refractivity (Wildman–Crippen MR) is 109 cm³/mol. The smallest absolute Gasteiger partial charge is 0.403 e. The maximum atomic E-state index is 14.6. The Labute approximate surface area is 195 Å². The summed E-state index contributed by atoms with van der Waals surface area (Å²) in [6.45, 7) is -0.169. The molecule has 8 nitrogen and oxygen atoms in total. The summed E-state index contributed by atoms with van der Waals surface area (Å²) in [4.78, 5) is 52.1. The lowest BCUT2D eigenvalue weighted by Gasteiger charge is -2.29. The Morgan fingerprint density at radius 2 is 1.80 bits per heavy atom. The SMILES string of the molecule is O=C1CCC(N2Cc3cc(C(=O)N4Cc5ccc(OC(F)(F)F)c(F)c5C4)ccc3C2=O)C(=O)N1. The number of nitrogens with one attached hydrogen (secondary N) is 1. The molecule has 1 saturated heterocycles. The normalized spacial score (nSPS) is 19.5. The third kappa shape index (κ3) is 4.08. The Kier molecular flexibility index (Phi) is 5.26. The van der Waals surface area contributed by atoms with Crippen molar-refractivity contribution in [1.29, 1.82) is 0 Å². The van der Waals surface area contributed by atoms with E-state index in [1.54, 1.807) is 0 Å². The molecule has 3 heterocycles. The molecular weight excluding hydrogens is 474 g/mol. The van der Waals surface area contributed by atoms with E-state index in [1.807, 2.05) is 0 Å². The van der Waals surface area contributed by atoms with Crippen LogP contribution in [0.1, 0.15) is 50.2 Å². The molecule has 2 aromatic carbocycles. The second kappa shape index (κ2) is 8.07. The number of imide groups is 1. The molecule has 1 atom stereocenters.